The highest BCUT2D eigenvalue weighted by molar-refractivity contribution is 14.0. The smallest absolute Gasteiger partial charge is 0.223 e. The Hall–Kier alpha value is -0.570. The maximum Gasteiger partial charge on any atom is 0.223 e. The number of nitrogens with zero attached hydrogens (tertiary/aromatic N) is 2. The van der Waals surface area contributed by atoms with E-state index >= 15 is 0 Å². The Morgan fingerprint density at radius 1 is 1.14 bits per heavy atom. The van der Waals surface area contributed by atoms with Gasteiger partial charge < -0.3 is 20.3 Å². The van der Waals surface area contributed by atoms with Gasteiger partial charge in [0.25, 0.3) is 0 Å². The van der Waals surface area contributed by atoms with Crippen molar-refractivity contribution in [3.8, 4) is 0 Å². The summed E-state index contributed by atoms with van der Waals surface area (Å²) < 4.78 is 5.48. The van der Waals surface area contributed by atoms with Crippen molar-refractivity contribution in [1.82, 2.24) is 15.5 Å². The molecule has 0 bridgehead atoms. The van der Waals surface area contributed by atoms with Crippen LogP contribution in [0.5, 0.6) is 0 Å². The summed E-state index contributed by atoms with van der Waals surface area (Å²) in [7, 11) is 5.24. The molecule has 0 aliphatic rings. The molecule has 0 unspecified atom stereocenters. The van der Waals surface area contributed by atoms with Crippen molar-refractivity contribution < 1.29 is 9.53 Å². The first-order valence-electron chi connectivity index (χ1n) is 7.34. The van der Waals surface area contributed by atoms with Crippen molar-refractivity contribution in [2.24, 2.45) is 4.99 Å². The van der Waals surface area contributed by atoms with Gasteiger partial charge in [-0.05, 0) is 12.8 Å². The Balaban J connectivity index is 0. The van der Waals surface area contributed by atoms with Crippen LogP contribution in [-0.4, -0.2) is 64.2 Å². The van der Waals surface area contributed by atoms with Crippen molar-refractivity contribution in [3.05, 3.63) is 0 Å². The largest absolute Gasteiger partial charge is 0.381 e. The lowest BCUT2D eigenvalue weighted by molar-refractivity contribution is -0.128. The summed E-state index contributed by atoms with van der Waals surface area (Å²) in [6.45, 7) is 5.16. The van der Waals surface area contributed by atoms with Gasteiger partial charge in [-0.1, -0.05) is 13.3 Å². The number of nitrogens with one attached hydrogen (secondary N) is 2. The molecule has 2 N–H and O–H groups in total. The summed E-state index contributed by atoms with van der Waals surface area (Å²) >= 11 is 0. The zero-order valence-corrected chi connectivity index (χ0v) is 16.1. The summed E-state index contributed by atoms with van der Waals surface area (Å²) in [4.78, 5) is 17.1. The van der Waals surface area contributed by atoms with Crippen LogP contribution in [0.1, 0.15) is 32.6 Å². The van der Waals surface area contributed by atoms with Crippen LogP contribution in [0.2, 0.25) is 0 Å². The van der Waals surface area contributed by atoms with Crippen LogP contribution in [0.25, 0.3) is 0 Å². The molecule has 0 atom stereocenters. The molecule has 0 aliphatic carbocycles. The summed E-state index contributed by atoms with van der Waals surface area (Å²) in [5.74, 6) is 0.836. The lowest BCUT2D eigenvalue weighted by Gasteiger charge is -2.13. The van der Waals surface area contributed by atoms with E-state index in [0.717, 1.165) is 38.6 Å². The van der Waals surface area contributed by atoms with E-state index in [2.05, 4.69) is 22.5 Å². The molecule has 1 amide bonds. The fourth-order valence-corrected chi connectivity index (χ4v) is 1.46. The first-order valence-corrected chi connectivity index (χ1v) is 7.34. The van der Waals surface area contributed by atoms with Crippen molar-refractivity contribution in [3.63, 3.8) is 0 Å². The van der Waals surface area contributed by atoms with Gasteiger partial charge in [0.1, 0.15) is 0 Å². The maximum absolute atomic E-state index is 11.4. The minimum absolute atomic E-state index is 0. The molecule has 0 aliphatic heterocycles. The molecule has 21 heavy (non-hydrogen) atoms. The predicted octanol–water partition coefficient (Wildman–Crippen LogP) is 1.45. The number of halogens is 1. The van der Waals surface area contributed by atoms with Crippen LogP contribution in [0.3, 0.4) is 0 Å². The molecule has 0 aromatic carbocycles. The highest BCUT2D eigenvalue weighted by atomic mass is 127. The number of rotatable bonds is 10. The molecule has 126 valence electrons. The van der Waals surface area contributed by atoms with Crippen molar-refractivity contribution in [2.45, 2.75) is 32.6 Å². The van der Waals surface area contributed by atoms with Gasteiger partial charge in [-0.3, -0.25) is 9.79 Å². The average Bonchev–Trinajstić information content (AvgIpc) is 2.44. The molecule has 0 saturated carbocycles. The number of carbonyl (C=O) groups is 1. The molecule has 6 nitrogen and oxygen atoms in total. The second kappa shape index (κ2) is 15.8. The number of hydrogen-bond donors (Lipinski definition) is 2. The Morgan fingerprint density at radius 2 is 1.76 bits per heavy atom. The third kappa shape index (κ3) is 14.1. The Morgan fingerprint density at radius 3 is 2.33 bits per heavy atom. The van der Waals surface area contributed by atoms with Crippen LogP contribution in [0, 0.1) is 0 Å². The minimum atomic E-state index is 0. The van der Waals surface area contributed by atoms with Gasteiger partial charge in [-0.25, -0.2) is 0 Å². The molecular formula is C14H31IN4O2. The number of unbranched alkanes of at least 4 members (excludes halogenated alkanes) is 1. The molecule has 7 heteroatoms. The number of amides is 1. The molecule has 0 fully saturated rings. The first kappa shape index (κ1) is 22.7. The van der Waals surface area contributed by atoms with Gasteiger partial charge in [-0.2, -0.15) is 0 Å². The van der Waals surface area contributed by atoms with E-state index in [-0.39, 0.29) is 29.9 Å². The van der Waals surface area contributed by atoms with Crippen LogP contribution < -0.4 is 10.6 Å². The molecular weight excluding hydrogens is 383 g/mol. The zero-order valence-electron chi connectivity index (χ0n) is 13.8. The minimum Gasteiger partial charge on any atom is -0.381 e. The number of guanidine groups is 1. The summed E-state index contributed by atoms with van der Waals surface area (Å²) in [5.41, 5.74) is 0. The van der Waals surface area contributed by atoms with Gasteiger partial charge in [0.2, 0.25) is 5.91 Å². The SMILES string of the molecule is CCCCOCCCNC(=NC)NCCC(=O)N(C)C.I. The zero-order chi connectivity index (χ0) is 15.2. The molecule has 0 heterocycles. The van der Waals surface area contributed by atoms with E-state index in [4.69, 9.17) is 4.74 Å². The predicted molar refractivity (Wildman–Crippen MR) is 98.4 cm³/mol. The second-order valence-electron chi connectivity index (χ2n) is 4.78. The van der Waals surface area contributed by atoms with Gasteiger partial charge in [0.15, 0.2) is 5.96 Å². The fraction of sp³-hybridized carbons (Fsp3) is 0.857. The van der Waals surface area contributed by atoms with Crippen molar-refractivity contribution >= 4 is 35.8 Å². The molecule has 0 spiro atoms. The molecule has 0 aromatic rings. The number of ether oxygens (including phenoxy) is 1. The van der Waals surface area contributed by atoms with E-state index in [0.29, 0.717) is 13.0 Å². The van der Waals surface area contributed by atoms with Gasteiger partial charge in [-0.15, -0.1) is 24.0 Å². The van der Waals surface area contributed by atoms with E-state index < -0.39 is 0 Å². The van der Waals surface area contributed by atoms with E-state index in [9.17, 15) is 4.79 Å². The van der Waals surface area contributed by atoms with Crippen molar-refractivity contribution in [1.29, 1.82) is 0 Å². The fourth-order valence-electron chi connectivity index (χ4n) is 1.46. The third-order valence-electron chi connectivity index (χ3n) is 2.75. The average molecular weight is 414 g/mol. The summed E-state index contributed by atoms with van der Waals surface area (Å²) in [6.07, 6.45) is 3.70. The van der Waals surface area contributed by atoms with Gasteiger partial charge in [0, 0.05) is 53.9 Å². The number of carbonyl (C=O) groups excluding carboxylic acids is 1. The van der Waals surface area contributed by atoms with Crippen LogP contribution in [-0.2, 0) is 9.53 Å². The Bertz CT molecular complexity index is 286. The molecule has 0 saturated heterocycles. The van der Waals surface area contributed by atoms with Gasteiger partial charge >= 0.3 is 0 Å². The maximum atomic E-state index is 11.4. The third-order valence-corrected chi connectivity index (χ3v) is 2.75. The topological polar surface area (TPSA) is 66.0 Å². The monoisotopic (exact) mass is 414 g/mol. The van der Waals surface area contributed by atoms with E-state index in [1.54, 1.807) is 26.0 Å². The molecule has 0 rings (SSSR count). The first-order chi connectivity index (χ1) is 9.61. The van der Waals surface area contributed by atoms with E-state index in [1.165, 1.54) is 6.42 Å². The lowest BCUT2D eigenvalue weighted by atomic mass is 10.3. The quantitative estimate of drug-likeness (QED) is 0.246. The molecule has 0 radical (unpaired) electrons. The second-order valence-corrected chi connectivity index (χ2v) is 4.78. The van der Waals surface area contributed by atoms with E-state index in [1.807, 2.05) is 0 Å². The Kier molecular flexibility index (Phi) is 17.1. The highest BCUT2D eigenvalue weighted by Crippen LogP contribution is 1.89. The normalized spacial score (nSPS) is 10.8. The Labute approximate surface area is 146 Å². The van der Waals surface area contributed by atoms with Crippen LogP contribution in [0.15, 0.2) is 4.99 Å². The van der Waals surface area contributed by atoms with Crippen molar-refractivity contribution in [2.75, 3.05) is 47.4 Å². The lowest BCUT2D eigenvalue weighted by Crippen LogP contribution is -2.39. The standard InChI is InChI=1S/C14H30N4O2.HI/c1-5-6-11-20-12-7-9-16-14(15-2)17-10-8-13(19)18(3)4;/h5-12H2,1-4H3,(H2,15,16,17);1H. The summed E-state index contributed by atoms with van der Waals surface area (Å²) in [6, 6.07) is 0. The summed E-state index contributed by atoms with van der Waals surface area (Å²) in [5, 5.41) is 6.31. The number of hydrogen-bond acceptors (Lipinski definition) is 3. The van der Waals surface area contributed by atoms with Gasteiger partial charge in [0.05, 0.1) is 0 Å². The molecule has 0 aromatic heterocycles. The van der Waals surface area contributed by atoms with Crippen LogP contribution >= 0.6 is 24.0 Å². The highest BCUT2D eigenvalue weighted by Gasteiger charge is 2.03. The van der Waals surface area contributed by atoms with Crippen LogP contribution in [0.4, 0.5) is 0 Å². The number of aliphatic imine (C=N–C) groups is 1.